The SMILES string of the molecule is CCOc1ccc(C2COC(=O)N2)cc1OC. The Kier molecular flexibility index (Phi) is 3.37. The number of cyclic esters (lactones) is 1. The van der Waals surface area contributed by atoms with Gasteiger partial charge in [-0.3, -0.25) is 0 Å². The fourth-order valence-corrected chi connectivity index (χ4v) is 1.74. The summed E-state index contributed by atoms with van der Waals surface area (Å²) in [6.45, 7) is 2.84. The standard InChI is InChI=1S/C12H15NO4/c1-3-16-10-5-4-8(6-11(10)15-2)9-7-17-12(14)13-9/h4-6,9H,3,7H2,1-2H3,(H,13,14). The van der Waals surface area contributed by atoms with Crippen LogP contribution in [0.1, 0.15) is 18.5 Å². The molecule has 1 aromatic rings. The van der Waals surface area contributed by atoms with Crippen molar-refractivity contribution in [1.29, 1.82) is 0 Å². The van der Waals surface area contributed by atoms with E-state index in [1.807, 2.05) is 25.1 Å². The zero-order valence-corrected chi connectivity index (χ0v) is 9.86. The second-order valence-corrected chi connectivity index (χ2v) is 3.64. The molecule has 1 unspecified atom stereocenters. The van der Waals surface area contributed by atoms with Crippen LogP contribution in [0.25, 0.3) is 0 Å². The number of methoxy groups -OCH3 is 1. The predicted molar refractivity (Wildman–Crippen MR) is 61.4 cm³/mol. The van der Waals surface area contributed by atoms with Crippen molar-refractivity contribution in [1.82, 2.24) is 5.32 Å². The normalized spacial score (nSPS) is 18.5. The Morgan fingerprint density at radius 3 is 2.88 bits per heavy atom. The summed E-state index contributed by atoms with van der Waals surface area (Å²) >= 11 is 0. The lowest BCUT2D eigenvalue weighted by Crippen LogP contribution is -2.18. The number of amides is 1. The third-order valence-corrected chi connectivity index (χ3v) is 2.56. The van der Waals surface area contributed by atoms with Gasteiger partial charge in [0, 0.05) is 0 Å². The summed E-state index contributed by atoms with van der Waals surface area (Å²) in [6.07, 6.45) is -0.386. The highest BCUT2D eigenvalue weighted by Crippen LogP contribution is 2.31. The number of ether oxygens (including phenoxy) is 3. The number of carbonyl (C=O) groups excluding carboxylic acids is 1. The molecule has 5 nitrogen and oxygen atoms in total. The van der Waals surface area contributed by atoms with Gasteiger partial charge in [0.2, 0.25) is 0 Å². The van der Waals surface area contributed by atoms with E-state index in [0.29, 0.717) is 24.7 Å². The van der Waals surface area contributed by atoms with Crippen LogP contribution >= 0.6 is 0 Å². The molecule has 0 bridgehead atoms. The molecule has 92 valence electrons. The molecule has 1 atom stereocenters. The molecular weight excluding hydrogens is 222 g/mol. The van der Waals surface area contributed by atoms with Crippen molar-refractivity contribution < 1.29 is 19.0 Å². The molecule has 0 saturated carbocycles. The molecule has 2 rings (SSSR count). The molecule has 1 aliphatic heterocycles. The summed E-state index contributed by atoms with van der Waals surface area (Å²) in [5, 5.41) is 2.72. The van der Waals surface area contributed by atoms with Crippen LogP contribution in [0, 0.1) is 0 Å². The van der Waals surface area contributed by atoms with Gasteiger partial charge >= 0.3 is 6.09 Å². The lowest BCUT2D eigenvalue weighted by atomic mass is 10.1. The van der Waals surface area contributed by atoms with Gasteiger partial charge in [-0.25, -0.2) is 4.79 Å². The summed E-state index contributed by atoms with van der Waals surface area (Å²) < 4.78 is 15.5. The molecule has 1 amide bonds. The Morgan fingerprint density at radius 1 is 1.47 bits per heavy atom. The van der Waals surface area contributed by atoms with E-state index in [2.05, 4.69) is 5.32 Å². The number of carbonyl (C=O) groups is 1. The van der Waals surface area contributed by atoms with Crippen molar-refractivity contribution in [2.24, 2.45) is 0 Å². The first-order chi connectivity index (χ1) is 8.24. The highest BCUT2D eigenvalue weighted by molar-refractivity contribution is 5.70. The third kappa shape index (κ3) is 2.43. The van der Waals surface area contributed by atoms with Crippen molar-refractivity contribution >= 4 is 6.09 Å². The van der Waals surface area contributed by atoms with Gasteiger partial charge in [-0.15, -0.1) is 0 Å². The maximum atomic E-state index is 11.0. The van der Waals surface area contributed by atoms with E-state index in [1.165, 1.54) is 0 Å². The zero-order chi connectivity index (χ0) is 12.3. The van der Waals surface area contributed by atoms with Crippen molar-refractivity contribution in [3.8, 4) is 11.5 Å². The lowest BCUT2D eigenvalue weighted by Gasteiger charge is -2.13. The summed E-state index contributed by atoms with van der Waals surface area (Å²) in [5.41, 5.74) is 0.941. The number of benzene rings is 1. The van der Waals surface area contributed by atoms with Crippen molar-refractivity contribution in [3.63, 3.8) is 0 Å². The van der Waals surface area contributed by atoms with Crippen molar-refractivity contribution in [2.45, 2.75) is 13.0 Å². The highest BCUT2D eigenvalue weighted by Gasteiger charge is 2.24. The second-order valence-electron chi connectivity index (χ2n) is 3.64. The maximum absolute atomic E-state index is 11.0. The summed E-state index contributed by atoms with van der Waals surface area (Å²) in [4.78, 5) is 11.0. The molecule has 1 fully saturated rings. The largest absolute Gasteiger partial charge is 0.493 e. The summed E-state index contributed by atoms with van der Waals surface area (Å²) in [7, 11) is 1.59. The van der Waals surface area contributed by atoms with Crippen LogP contribution < -0.4 is 14.8 Å². The molecule has 1 N–H and O–H groups in total. The number of hydrogen-bond donors (Lipinski definition) is 1. The second kappa shape index (κ2) is 4.95. The van der Waals surface area contributed by atoms with E-state index in [4.69, 9.17) is 14.2 Å². The van der Waals surface area contributed by atoms with Gasteiger partial charge in [-0.1, -0.05) is 6.07 Å². The van der Waals surface area contributed by atoms with Gasteiger partial charge in [0.05, 0.1) is 19.8 Å². The van der Waals surface area contributed by atoms with Crippen molar-refractivity contribution in [2.75, 3.05) is 20.3 Å². The fraction of sp³-hybridized carbons (Fsp3) is 0.417. The quantitative estimate of drug-likeness (QED) is 0.868. The molecule has 1 aromatic carbocycles. The molecule has 0 aromatic heterocycles. The van der Waals surface area contributed by atoms with Gasteiger partial charge < -0.3 is 19.5 Å². The molecule has 1 saturated heterocycles. The average Bonchev–Trinajstić information content (AvgIpc) is 2.77. The van der Waals surface area contributed by atoms with Crippen LogP contribution in [0.3, 0.4) is 0 Å². The zero-order valence-electron chi connectivity index (χ0n) is 9.86. The Bertz CT molecular complexity index is 419. The Morgan fingerprint density at radius 2 is 2.29 bits per heavy atom. The molecule has 5 heteroatoms. The Hall–Kier alpha value is -1.91. The molecule has 0 aliphatic carbocycles. The highest BCUT2D eigenvalue weighted by atomic mass is 16.6. The van der Waals surface area contributed by atoms with Gasteiger partial charge in [0.1, 0.15) is 6.61 Å². The summed E-state index contributed by atoms with van der Waals surface area (Å²) in [5.74, 6) is 1.36. The molecule has 0 spiro atoms. The van der Waals surface area contributed by atoms with E-state index in [9.17, 15) is 4.79 Å². The third-order valence-electron chi connectivity index (χ3n) is 2.56. The van der Waals surface area contributed by atoms with E-state index < -0.39 is 0 Å². The Labute approximate surface area is 99.7 Å². The fourth-order valence-electron chi connectivity index (χ4n) is 1.74. The smallest absolute Gasteiger partial charge is 0.407 e. The molecule has 1 aliphatic rings. The monoisotopic (exact) mass is 237 g/mol. The van der Waals surface area contributed by atoms with Crippen LogP contribution in [0.15, 0.2) is 18.2 Å². The number of nitrogens with one attached hydrogen (secondary N) is 1. The minimum absolute atomic E-state index is 0.118. The molecule has 0 radical (unpaired) electrons. The molecular formula is C12H15NO4. The topological polar surface area (TPSA) is 56.8 Å². The lowest BCUT2D eigenvalue weighted by molar-refractivity contribution is 0.177. The maximum Gasteiger partial charge on any atom is 0.407 e. The predicted octanol–water partition coefficient (Wildman–Crippen LogP) is 1.87. The van der Waals surface area contributed by atoms with Gasteiger partial charge in [-0.05, 0) is 24.6 Å². The summed E-state index contributed by atoms with van der Waals surface area (Å²) in [6, 6.07) is 5.46. The first kappa shape index (κ1) is 11.6. The van der Waals surface area contributed by atoms with Gasteiger partial charge in [0.25, 0.3) is 0 Å². The van der Waals surface area contributed by atoms with Gasteiger partial charge in [-0.2, -0.15) is 0 Å². The van der Waals surface area contributed by atoms with Crippen LogP contribution in [0.4, 0.5) is 4.79 Å². The van der Waals surface area contributed by atoms with E-state index in [1.54, 1.807) is 7.11 Å². The van der Waals surface area contributed by atoms with Crippen molar-refractivity contribution in [3.05, 3.63) is 23.8 Å². The minimum atomic E-state index is -0.386. The van der Waals surface area contributed by atoms with E-state index in [0.717, 1.165) is 5.56 Å². The Balaban J connectivity index is 2.22. The van der Waals surface area contributed by atoms with Gasteiger partial charge in [0.15, 0.2) is 11.5 Å². The van der Waals surface area contributed by atoms with Crippen LogP contribution in [-0.4, -0.2) is 26.4 Å². The van der Waals surface area contributed by atoms with E-state index in [-0.39, 0.29) is 12.1 Å². The number of alkyl carbamates (subject to hydrolysis) is 1. The van der Waals surface area contributed by atoms with Crippen LogP contribution in [0.2, 0.25) is 0 Å². The van der Waals surface area contributed by atoms with Crippen LogP contribution in [0.5, 0.6) is 11.5 Å². The molecule has 1 heterocycles. The first-order valence-corrected chi connectivity index (χ1v) is 5.48. The van der Waals surface area contributed by atoms with Crippen LogP contribution in [-0.2, 0) is 4.74 Å². The number of rotatable bonds is 4. The first-order valence-electron chi connectivity index (χ1n) is 5.48. The molecule has 17 heavy (non-hydrogen) atoms. The number of hydrogen-bond acceptors (Lipinski definition) is 4. The minimum Gasteiger partial charge on any atom is -0.493 e. The average molecular weight is 237 g/mol. The van der Waals surface area contributed by atoms with E-state index >= 15 is 0 Å².